The van der Waals surface area contributed by atoms with Crippen molar-refractivity contribution in [1.29, 1.82) is 0 Å². The van der Waals surface area contributed by atoms with Crippen LogP contribution >= 0.6 is 0 Å². The van der Waals surface area contributed by atoms with Gasteiger partial charge in [0.1, 0.15) is 0 Å². The fourth-order valence-electron chi connectivity index (χ4n) is 11.8. The molecule has 0 aliphatic carbocycles. The summed E-state index contributed by atoms with van der Waals surface area (Å²) >= 11 is 0. The lowest BCUT2D eigenvalue weighted by molar-refractivity contribution is -0.143. The Morgan fingerprint density at radius 3 is 0.914 bits per heavy atom. The monoisotopic (exact) mass is 1140 g/mol. The van der Waals surface area contributed by atoms with Crippen LogP contribution in [-0.2, 0) is 14.3 Å². The maximum atomic E-state index is 12.5. The molecule has 1 amide bonds. The summed E-state index contributed by atoms with van der Waals surface area (Å²) in [7, 11) is 0. The maximum absolute atomic E-state index is 12.5. The van der Waals surface area contributed by atoms with Crippen LogP contribution < -0.4 is 5.32 Å². The molecule has 0 aliphatic rings. The molecule has 0 radical (unpaired) electrons. The molecular formula is C75H145NO5. The minimum absolute atomic E-state index is 0.0109. The van der Waals surface area contributed by atoms with Crippen LogP contribution in [0.15, 0.2) is 24.3 Å². The topological polar surface area (TPSA) is 95.9 Å². The number of aliphatic hydroxyl groups is 2. The Bertz CT molecular complexity index is 1270. The van der Waals surface area contributed by atoms with Gasteiger partial charge in [-0.1, -0.05) is 378 Å². The van der Waals surface area contributed by atoms with Gasteiger partial charge in [0, 0.05) is 12.8 Å². The van der Waals surface area contributed by atoms with E-state index < -0.39 is 12.1 Å². The largest absolute Gasteiger partial charge is 0.466 e. The highest BCUT2D eigenvalue weighted by molar-refractivity contribution is 5.76. The van der Waals surface area contributed by atoms with Crippen molar-refractivity contribution in [3.05, 3.63) is 24.3 Å². The highest BCUT2D eigenvalue weighted by atomic mass is 16.5. The molecule has 0 heterocycles. The number of unbranched alkanes of at least 4 members (excludes halogenated alkanes) is 57. The smallest absolute Gasteiger partial charge is 0.305 e. The van der Waals surface area contributed by atoms with E-state index in [1.54, 1.807) is 6.08 Å². The van der Waals surface area contributed by atoms with Crippen molar-refractivity contribution >= 4 is 11.9 Å². The Balaban J connectivity index is 3.35. The average molecular weight is 1140 g/mol. The Kier molecular flexibility index (Phi) is 69.4. The molecule has 3 N–H and O–H groups in total. The Labute approximate surface area is 507 Å². The van der Waals surface area contributed by atoms with Crippen LogP contribution in [0.25, 0.3) is 0 Å². The normalized spacial score (nSPS) is 12.6. The molecule has 2 atom stereocenters. The van der Waals surface area contributed by atoms with Gasteiger partial charge in [-0.05, 0) is 51.4 Å². The fraction of sp³-hybridized carbons (Fsp3) is 0.920. The molecule has 0 aliphatic heterocycles. The van der Waals surface area contributed by atoms with Crippen molar-refractivity contribution < 1.29 is 24.5 Å². The molecule has 0 saturated heterocycles. The first-order valence-corrected chi connectivity index (χ1v) is 37.1. The van der Waals surface area contributed by atoms with Gasteiger partial charge in [-0.3, -0.25) is 9.59 Å². The van der Waals surface area contributed by atoms with E-state index in [4.69, 9.17) is 4.74 Å². The van der Waals surface area contributed by atoms with Crippen LogP contribution in [0.3, 0.4) is 0 Å². The summed E-state index contributed by atoms with van der Waals surface area (Å²) in [5, 5.41) is 23.3. The van der Waals surface area contributed by atoms with Gasteiger partial charge in [-0.2, -0.15) is 0 Å². The molecule has 0 saturated carbocycles. The lowest BCUT2D eigenvalue weighted by atomic mass is 10.0. The van der Waals surface area contributed by atoms with Gasteiger partial charge in [0.05, 0.1) is 25.4 Å². The van der Waals surface area contributed by atoms with Gasteiger partial charge >= 0.3 is 5.97 Å². The van der Waals surface area contributed by atoms with E-state index in [0.29, 0.717) is 19.4 Å². The third kappa shape index (κ3) is 67.3. The van der Waals surface area contributed by atoms with Crippen molar-refractivity contribution in [2.75, 3.05) is 13.2 Å². The number of hydrogen-bond acceptors (Lipinski definition) is 5. The Morgan fingerprint density at radius 2 is 0.593 bits per heavy atom. The van der Waals surface area contributed by atoms with E-state index in [1.165, 1.54) is 347 Å². The zero-order valence-electron chi connectivity index (χ0n) is 55.0. The summed E-state index contributed by atoms with van der Waals surface area (Å²) in [6, 6.07) is -0.625. The first-order valence-electron chi connectivity index (χ1n) is 37.1. The minimum atomic E-state index is -0.842. The molecule has 6 heteroatoms. The summed E-state index contributed by atoms with van der Waals surface area (Å²) < 4.78 is 5.47. The van der Waals surface area contributed by atoms with Crippen LogP contribution in [-0.4, -0.2) is 47.4 Å². The molecule has 0 fully saturated rings. The number of amides is 1. The summed E-state index contributed by atoms with van der Waals surface area (Å²) in [6.07, 6.45) is 90.0. The van der Waals surface area contributed by atoms with Crippen LogP contribution in [0.1, 0.15) is 418 Å². The molecule has 0 rings (SSSR count). The van der Waals surface area contributed by atoms with Crippen molar-refractivity contribution in [3.8, 4) is 0 Å². The van der Waals surface area contributed by atoms with Gasteiger partial charge in [0.2, 0.25) is 5.91 Å². The first kappa shape index (κ1) is 79.3. The van der Waals surface area contributed by atoms with E-state index in [1.807, 2.05) is 6.08 Å². The second-order valence-electron chi connectivity index (χ2n) is 25.6. The van der Waals surface area contributed by atoms with Gasteiger partial charge in [0.15, 0.2) is 0 Å². The molecule has 2 unspecified atom stereocenters. The lowest BCUT2D eigenvalue weighted by Gasteiger charge is -2.20. The van der Waals surface area contributed by atoms with Crippen LogP contribution in [0, 0.1) is 0 Å². The zero-order chi connectivity index (χ0) is 58.5. The Morgan fingerprint density at radius 1 is 0.333 bits per heavy atom. The van der Waals surface area contributed by atoms with Crippen molar-refractivity contribution in [2.24, 2.45) is 0 Å². The molecule has 0 aromatic heterocycles. The molecule has 0 bridgehead atoms. The number of ether oxygens (including phenoxy) is 1. The van der Waals surface area contributed by atoms with Crippen molar-refractivity contribution in [3.63, 3.8) is 0 Å². The SMILES string of the molecule is CCCC/C=C\CCCCCCCC(=O)OCCCCCCCCCCCCCCCCCCCCCCCCCCCCCCCCCCCC(=O)NC(CO)C(O)/C=C/CCCCCCCCCCCCCCCCCCCC. The standard InChI is InChI=1S/C75H145NO5/c1-3-5-7-9-11-13-15-16-17-18-19-35-38-41-44-48-51-55-59-63-67-73(78)72(71-77)76-74(79)68-64-60-56-52-49-45-42-39-36-33-31-29-27-25-23-21-20-22-24-26-28-30-32-34-37-40-43-46-50-54-58-62-66-70-81-75(80)69-65-61-57-53-47-14-12-10-8-6-4-2/h10,12,63,67,72-73,77-78H,3-9,11,13-62,64-66,68-71H2,1-2H3,(H,76,79)/b12-10-,67-63+. The maximum Gasteiger partial charge on any atom is 0.305 e. The summed E-state index contributed by atoms with van der Waals surface area (Å²) in [6.45, 7) is 4.91. The number of hydrogen-bond donors (Lipinski definition) is 3. The molecule has 81 heavy (non-hydrogen) atoms. The quantitative estimate of drug-likeness (QED) is 0.0320. The predicted molar refractivity (Wildman–Crippen MR) is 356 cm³/mol. The van der Waals surface area contributed by atoms with Crippen LogP contribution in [0.2, 0.25) is 0 Å². The van der Waals surface area contributed by atoms with E-state index in [9.17, 15) is 19.8 Å². The number of carbonyl (C=O) groups excluding carboxylic acids is 2. The number of allylic oxidation sites excluding steroid dienone is 3. The third-order valence-electron chi connectivity index (χ3n) is 17.5. The summed E-state index contributed by atoms with van der Waals surface area (Å²) in [4.78, 5) is 24.5. The van der Waals surface area contributed by atoms with Gasteiger partial charge in [0.25, 0.3) is 0 Å². The molecule has 480 valence electrons. The van der Waals surface area contributed by atoms with E-state index in [0.717, 1.165) is 44.9 Å². The molecule has 0 spiro atoms. The van der Waals surface area contributed by atoms with E-state index >= 15 is 0 Å². The molecule has 0 aromatic rings. The second kappa shape index (κ2) is 70.8. The molecular weight excluding hydrogens is 995 g/mol. The van der Waals surface area contributed by atoms with Crippen LogP contribution in [0.5, 0.6) is 0 Å². The average Bonchev–Trinajstić information content (AvgIpc) is 3.47. The number of rotatable bonds is 70. The van der Waals surface area contributed by atoms with Gasteiger partial charge < -0.3 is 20.3 Å². The lowest BCUT2D eigenvalue weighted by Crippen LogP contribution is -2.45. The number of esters is 1. The van der Waals surface area contributed by atoms with E-state index in [2.05, 4.69) is 31.3 Å². The predicted octanol–water partition coefficient (Wildman–Crippen LogP) is 24.1. The van der Waals surface area contributed by atoms with Crippen molar-refractivity contribution in [1.82, 2.24) is 5.32 Å². The molecule has 6 nitrogen and oxygen atoms in total. The zero-order valence-corrected chi connectivity index (χ0v) is 55.0. The minimum Gasteiger partial charge on any atom is -0.466 e. The Hall–Kier alpha value is -1.66. The molecule has 0 aromatic carbocycles. The van der Waals surface area contributed by atoms with Gasteiger partial charge in [-0.25, -0.2) is 0 Å². The third-order valence-corrected chi connectivity index (χ3v) is 17.5. The fourth-order valence-corrected chi connectivity index (χ4v) is 11.8. The van der Waals surface area contributed by atoms with Crippen molar-refractivity contribution in [2.45, 2.75) is 431 Å². The highest BCUT2D eigenvalue weighted by Gasteiger charge is 2.18. The highest BCUT2D eigenvalue weighted by Crippen LogP contribution is 2.19. The first-order chi connectivity index (χ1) is 40.0. The van der Waals surface area contributed by atoms with Gasteiger partial charge in [-0.15, -0.1) is 0 Å². The number of carbonyl (C=O) groups is 2. The second-order valence-corrected chi connectivity index (χ2v) is 25.6. The number of aliphatic hydroxyl groups excluding tert-OH is 2. The summed E-state index contributed by atoms with van der Waals surface area (Å²) in [5.74, 6) is -0.0480. The summed E-state index contributed by atoms with van der Waals surface area (Å²) in [5.41, 5.74) is 0. The number of nitrogens with one attached hydrogen (secondary N) is 1. The van der Waals surface area contributed by atoms with Crippen LogP contribution in [0.4, 0.5) is 0 Å². The van der Waals surface area contributed by atoms with E-state index in [-0.39, 0.29) is 18.5 Å².